The van der Waals surface area contributed by atoms with E-state index in [0.29, 0.717) is 24.3 Å². The molecule has 5 nitrogen and oxygen atoms in total. The quantitative estimate of drug-likeness (QED) is 0.463. The summed E-state index contributed by atoms with van der Waals surface area (Å²) in [6.07, 6.45) is 0.393. The van der Waals surface area contributed by atoms with E-state index >= 15 is 0 Å². The Morgan fingerprint density at radius 3 is 2.14 bits per heavy atom. The first-order valence-electron chi connectivity index (χ1n) is 6.54. The first kappa shape index (κ1) is 14.5. The number of nitrogens with zero attached hydrogens (tertiary/aromatic N) is 2. The molecule has 2 rings (SSSR count). The van der Waals surface area contributed by atoms with Gasteiger partial charge in [0.15, 0.2) is 0 Å². The average molecular weight is 282 g/mol. The molecule has 0 aliphatic heterocycles. The summed E-state index contributed by atoms with van der Waals surface area (Å²) in [4.78, 5) is 9.84. The number of nitriles is 1. The zero-order valence-electron chi connectivity index (χ0n) is 11.4. The molecule has 0 fully saturated rings. The van der Waals surface area contributed by atoms with Crippen LogP contribution in [0.4, 0.5) is 0 Å². The molecule has 0 unspecified atom stereocenters. The van der Waals surface area contributed by atoms with Crippen LogP contribution in [0.25, 0.3) is 11.1 Å². The smallest absolute Gasteiger partial charge is 0.207 e. The van der Waals surface area contributed by atoms with Crippen molar-refractivity contribution in [3.05, 3.63) is 64.2 Å². The Bertz CT molecular complexity index is 643. The van der Waals surface area contributed by atoms with Gasteiger partial charge in [0, 0.05) is 11.3 Å². The fraction of sp³-hybridized carbons (Fsp3) is 0.188. The van der Waals surface area contributed by atoms with Crippen LogP contribution in [-0.4, -0.2) is 18.1 Å². The molecule has 5 heteroatoms. The molecule has 0 bridgehead atoms. The molecule has 0 aromatic heterocycles. The van der Waals surface area contributed by atoms with Crippen LogP contribution in [0.3, 0.4) is 0 Å². The van der Waals surface area contributed by atoms with Crippen LogP contribution >= 0.6 is 0 Å². The zero-order chi connectivity index (χ0) is 15.1. The second kappa shape index (κ2) is 7.06. The molecule has 106 valence electrons. The van der Waals surface area contributed by atoms with Crippen LogP contribution in [0, 0.1) is 21.4 Å². The molecule has 21 heavy (non-hydrogen) atoms. The first-order valence-corrected chi connectivity index (χ1v) is 6.54. The van der Waals surface area contributed by atoms with Crippen LogP contribution in [0.1, 0.15) is 12.0 Å². The third-order valence-corrected chi connectivity index (χ3v) is 2.96. The summed E-state index contributed by atoms with van der Waals surface area (Å²) in [6.45, 7) is 0.251. The molecular weight excluding hydrogens is 268 g/mol. The second-order valence-electron chi connectivity index (χ2n) is 4.47. The van der Waals surface area contributed by atoms with Crippen molar-refractivity contribution in [2.45, 2.75) is 6.42 Å². The van der Waals surface area contributed by atoms with Crippen LogP contribution in [-0.2, 0) is 0 Å². The molecule has 0 N–H and O–H groups in total. The number of hydrogen-bond donors (Lipinski definition) is 0. The average Bonchev–Trinajstić information content (AvgIpc) is 2.52. The fourth-order valence-electron chi connectivity index (χ4n) is 1.86. The summed E-state index contributed by atoms with van der Waals surface area (Å²) >= 11 is 0. The van der Waals surface area contributed by atoms with Gasteiger partial charge in [-0.15, -0.1) is 0 Å². The summed E-state index contributed by atoms with van der Waals surface area (Å²) in [5.41, 5.74) is 2.68. The summed E-state index contributed by atoms with van der Waals surface area (Å²) in [7, 11) is 0. The van der Waals surface area contributed by atoms with Crippen molar-refractivity contribution in [3.63, 3.8) is 0 Å². The second-order valence-corrected chi connectivity index (χ2v) is 4.47. The number of benzene rings is 2. The van der Waals surface area contributed by atoms with Gasteiger partial charge in [-0.05, 0) is 35.4 Å². The van der Waals surface area contributed by atoms with E-state index < -0.39 is 0 Å². The number of ether oxygens (including phenoxy) is 1. The van der Waals surface area contributed by atoms with Crippen LogP contribution in [0.2, 0.25) is 0 Å². The van der Waals surface area contributed by atoms with Crippen molar-refractivity contribution < 1.29 is 9.66 Å². The van der Waals surface area contributed by atoms with Crippen molar-refractivity contribution in [1.29, 1.82) is 5.26 Å². The van der Waals surface area contributed by atoms with Crippen molar-refractivity contribution in [1.82, 2.24) is 0 Å². The molecule has 2 aromatic carbocycles. The van der Waals surface area contributed by atoms with Gasteiger partial charge >= 0.3 is 0 Å². The summed E-state index contributed by atoms with van der Waals surface area (Å²) in [5, 5.41) is 19.0. The van der Waals surface area contributed by atoms with E-state index in [-0.39, 0.29) is 11.5 Å². The molecule has 0 saturated heterocycles. The summed E-state index contributed by atoms with van der Waals surface area (Å²) in [6, 6.07) is 16.9. The van der Waals surface area contributed by atoms with E-state index in [1.165, 1.54) is 0 Å². The van der Waals surface area contributed by atoms with Crippen LogP contribution in [0.5, 0.6) is 5.75 Å². The largest absolute Gasteiger partial charge is 0.493 e. The lowest BCUT2D eigenvalue weighted by atomic mass is 10.0. The number of rotatable bonds is 6. The predicted molar refractivity (Wildman–Crippen MR) is 78.6 cm³/mol. The highest BCUT2D eigenvalue weighted by molar-refractivity contribution is 5.64. The third kappa shape index (κ3) is 4.32. The predicted octanol–water partition coefficient (Wildman–Crippen LogP) is 3.27. The van der Waals surface area contributed by atoms with E-state index in [4.69, 9.17) is 10.00 Å². The third-order valence-electron chi connectivity index (χ3n) is 2.96. The van der Waals surface area contributed by atoms with Crippen LogP contribution < -0.4 is 4.74 Å². The first-order chi connectivity index (χ1) is 10.2. The topological polar surface area (TPSA) is 76.2 Å². The normalized spacial score (nSPS) is 9.86. The molecule has 0 radical (unpaired) electrons. The van der Waals surface area contributed by atoms with Crippen LogP contribution in [0.15, 0.2) is 48.5 Å². The molecular formula is C16H14N2O3. The highest BCUT2D eigenvalue weighted by Gasteiger charge is 2.01. The Morgan fingerprint density at radius 1 is 1.05 bits per heavy atom. The van der Waals surface area contributed by atoms with E-state index in [2.05, 4.69) is 6.07 Å². The molecule has 0 amide bonds. The maximum Gasteiger partial charge on any atom is 0.207 e. The van der Waals surface area contributed by atoms with Gasteiger partial charge in [0.05, 0.1) is 18.2 Å². The van der Waals surface area contributed by atoms with E-state index in [1.807, 2.05) is 36.4 Å². The minimum Gasteiger partial charge on any atom is -0.493 e. The molecule has 0 aliphatic rings. The number of hydrogen-bond acceptors (Lipinski definition) is 4. The minimum absolute atomic E-state index is 0.0800. The Labute approximate surface area is 122 Å². The lowest BCUT2D eigenvalue weighted by molar-refractivity contribution is -0.480. The van der Waals surface area contributed by atoms with E-state index in [0.717, 1.165) is 11.1 Å². The Balaban J connectivity index is 1.95. The van der Waals surface area contributed by atoms with E-state index in [1.54, 1.807) is 12.1 Å². The molecule has 0 saturated carbocycles. The molecule has 0 atom stereocenters. The van der Waals surface area contributed by atoms with Crippen molar-refractivity contribution in [3.8, 4) is 22.9 Å². The molecule has 0 heterocycles. The van der Waals surface area contributed by atoms with Gasteiger partial charge in [-0.25, -0.2) is 0 Å². The standard InChI is InChI=1S/C16H14N2O3/c17-12-13-2-4-14(5-3-13)15-6-8-16(9-7-15)21-11-1-10-18(19)20/h2-9H,1,10-11H2. The summed E-state index contributed by atoms with van der Waals surface area (Å²) < 4.78 is 5.44. The summed E-state index contributed by atoms with van der Waals surface area (Å²) in [5.74, 6) is 0.691. The van der Waals surface area contributed by atoms with Gasteiger partial charge < -0.3 is 4.74 Å². The van der Waals surface area contributed by atoms with Gasteiger partial charge in [0.25, 0.3) is 0 Å². The Kier molecular flexibility index (Phi) is 4.89. The monoisotopic (exact) mass is 282 g/mol. The number of nitro groups is 1. The minimum atomic E-state index is -0.350. The van der Waals surface area contributed by atoms with E-state index in [9.17, 15) is 10.1 Å². The molecule has 0 spiro atoms. The van der Waals surface area contributed by atoms with Gasteiger partial charge in [-0.3, -0.25) is 10.1 Å². The Morgan fingerprint density at radius 2 is 1.62 bits per heavy atom. The van der Waals surface area contributed by atoms with Gasteiger partial charge in [0.1, 0.15) is 5.75 Å². The zero-order valence-corrected chi connectivity index (χ0v) is 11.4. The highest BCUT2D eigenvalue weighted by atomic mass is 16.6. The fourth-order valence-corrected chi connectivity index (χ4v) is 1.86. The van der Waals surface area contributed by atoms with Crippen molar-refractivity contribution >= 4 is 0 Å². The van der Waals surface area contributed by atoms with Crippen molar-refractivity contribution in [2.75, 3.05) is 13.2 Å². The van der Waals surface area contributed by atoms with Gasteiger partial charge in [-0.2, -0.15) is 5.26 Å². The molecule has 2 aromatic rings. The Hall–Kier alpha value is -2.87. The maximum atomic E-state index is 10.2. The maximum absolute atomic E-state index is 10.2. The SMILES string of the molecule is N#Cc1ccc(-c2ccc(OCCC[N+](=O)[O-])cc2)cc1. The lowest BCUT2D eigenvalue weighted by Gasteiger charge is -2.06. The lowest BCUT2D eigenvalue weighted by Crippen LogP contribution is -2.06. The van der Waals surface area contributed by atoms with Gasteiger partial charge in [0.2, 0.25) is 6.54 Å². The van der Waals surface area contributed by atoms with Gasteiger partial charge in [-0.1, -0.05) is 24.3 Å². The van der Waals surface area contributed by atoms with Crippen molar-refractivity contribution in [2.24, 2.45) is 0 Å². The highest BCUT2D eigenvalue weighted by Crippen LogP contribution is 2.22. The molecule has 0 aliphatic carbocycles.